The van der Waals surface area contributed by atoms with Crippen molar-refractivity contribution in [3.05, 3.63) is 147 Å². The Labute approximate surface area is 147 Å². The molecule has 0 aromatic rings. The second kappa shape index (κ2) is 19.9. The fourth-order valence-electron chi connectivity index (χ4n) is 1.31. The molecule has 0 heteroatoms. The van der Waals surface area contributed by atoms with Crippen LogP contribution >= 0.6 is 0 Å². The van der Waals surface area contributed by atoms with E-state index in [1.807, 2.05) is 122 Å². The molecule has 122 valence electrons. The van der Waals surface area contributed by atoms with Gasteiger partial charge in [0.1, 0.15) is 0 Å². The first-order valence-electron chi connectivity index (χ1n) is 7.82. The van der Waals surface area contributed by atoms with E-state index in [-0.39, 0.29) is 0 Å². The number of allylic oxidation sites excluding steroid dienone is 22. The summed E-state index contributed by atoms with van der Waals surface area (Å²) in [4.78, 5) is 0. The Morgan fingerprint density at radius 3 is 0.458 bits per heavy atom. The van der Waals surface area contributed by atoms with Crippen molar-refractivity contribution in [2.75, 3.05) is 0 Å². The topological polar surface area (TPSA) is 0 Å². The van der Waals surface area contributed by atoms with Crippen molar-refractivity contribution in [2.24, 2.45) is 0 Å². The molecule has 0 aliphatic carbocycles. The summed E-state index contributed by atoms with van der Waals surface area (Å²) in [6, 6.07) is 0. The monoisotopic (exact) mass is 314 g/mol. The molecule has 0 amide bonds. The molecule has 0 rings (SSSR count). The van der Waals surface area contributed by atoms with Crippen LogP contribution in [0.3, 0.4) is 0 Å². The second-order valence-electron chi connectivity index (χ2n) is 4.32. The van der Waals surface area contributed by atoms with Gasteiger partial charge in [0.25, 0.3) is 0 Å². The third-order valence-electron chi connectivity index (χ3n) is 2.38. The van der Waals surface area contributed by atoms with Crippen LogP contribution < -0.4 is 0 Å². The minimum atomic E-state index is 1.75. The third kappa shape index (κ3) is 18.9. The van der Waals surface area contributed by atoms with E-state index in [9.17, 15) is 0 Å². The predicted molar refractivity (Wildman–Crippen MR) is 112 cm³/mol. The Balaban J connectivity index is 3.91. The summed E-state index contributed by atoms with van der Waals surface area (Å²) >= 11 is 0. The van der Waals surface area contributed by atoms with Gasteiger partial charge in [-0.2, -0.15) is 0 Å². The molecule has 0 saturated heterocycles. The maximum atomic E-state index is 3.60. The van der Waals surface area contributed by atoms with Crippen LogP contribution in [0.2, 0.25) is 0 Å². The van der Waals surface area contributed by atoms with Gasteiger partial charge in [0.15, 0.2) is 0 Å². The molecular formula is C24H26. The highest BCUT2D eigenvalue weighted by molar-refractivity contribution is 5.22. The highest BCUT2D eigenvalue weighted by atomic mass is 13.7. The standard InChI is InChI=1S/C24H26/c1-3-5-7-9-11-13-15-17-19-21-23-24-22-20-18-16-14-12-10-8-6-4-2/h3-24H,1-2H2/b7-5+,8-6+,11-9+,12-10+,15-13+,16-14+,19-17+,20-18+,23-21+,24-22+. The zero-order valence-corrected chi connectivity index (χ0v) is 14.1. The average molecular weight is 314 g/mol. The van der Waals surface area contributed by atoms with E-state index in [0.29, 0.717) is 0 Å². The van der Waals surface area contributed by atoms with Crippen LogP contribution in [0.15, 0.2) is 147 Å². The Bertz CT molecular complexity index is 550. The minimum Gasteiger partial charge on any atom is -0.0991 e. The summed E-state index contributed by atoms with van der Waals surface area (Å²) in [5.74, 6) is 0. The van der Waals surface area contributed by atoms with Crippen LogP contribution in [0.5, 0.6) is 0 Å². The molecule has 0 aromatic carbocycles. The molecule has 0 heterocycles. The Morgan fingerprint density at radius 2 is 0.333 bits per heavy atom. The van der Waals surface area contributed by atoms with Crippen molar-refractivity contribution < 1.29 is 0 Å². The molecule has 0 saturated carbocycles. The van der Waals surface area contributed by atoms with E-state index in [0.717, 1.165) is 0 Å². The van der Waals surface area contributed by atoms with Crippen LogP contribution in [0.1, 0.15) is 0 Å². The van der Waals surface area contributed by atoms with Crippen molar-refractivity contribution in [1.82, 2.24) is 0 Å². The molecule has 0 N–H and O–H groups in total. The normalized spacial score (nSPS) is 14.2. The average Bonchev–Trinajstić information content (AvgIpc) is 2.60. The van der Waals surface area contributed by atoms with Gasteiger partial charge in [-0.3, -0.25) is 0 Å². The van der Waals surface area contributed by atoms with Gasteiger partial charge in [-0.05, 0) is 0 Å². The van der Waals surface area contributed by atoms with Gasteiger partial charge in [0, 0.05) is 0 Å². The van der Waals surface area contributed by atoms with Crippen LogP contribution in [-0.2, 0) is 0 Å². The van der Waals surface area contributed by atoms with Gasteiger partial charge in [-0.25, -0.2) is 0 Å². The minimum absolute atomic E-state index is 1.75. The molecule has 0 radical (unpaired) electrons. The van der Waals surface area contributed by atoms with Gasteiger partial charge in [-0.1, -0.05) is 147 Å². The molecular weight excluding hydrogens is 288 g/mol. The molecule has 0 nitrogen and oxygen atoms in total. The zero-order chi connectivity index (χ0) is 17.6. The zero-order valence-electron chi connectivity index (χ0n) is 14.1. The van der Waals surface area contributed by atoms with Crippen molar-refractivity contribution in [2.45, 2.75) is 0 Å². The lowest BCUT2D eigenvalue weighted by atomic mass is 10.3. The van der Waals surface area contributed by atoms with Gasteiger partial charge in [0.2, 0.25) is 0 Å². The van der Waals surface area contributed by atoms with Crippen molar-refractivity contribution in [3.63, 3.8) is 0 Å². The lowest BCUT2D eigenvalue weighted by Crippen LogP contribution is -1.54. The molecule has 24 heavy (non-hydrogen) atoms. The van der Waals surface area contributed by atoms with E-state index in [1.165, 1.54) is 0 Å². The van der Waals surface area contributed by atoms with Gasteiger partial charge < -0.3 is 0 Å². The molecule has 0 atom stereocenters. The first kappa shape index (κ1) is 20.9. The Morgan fingerprint density at radius 1 is 0.208 bits per heavy atom. The highest BCUT2D eigenvalue weighted by Gasteiger charge is 1.65. The smallest absolute Gasteiger partial charge is 0.0623 e. The summed E-state index contributed by atoms with van der Waals surface area (Å²) in [6.07, 6.45) is 42.8. The number of hydrogen-bond donors (Lipinski definition) is 0. The second-order valence-corrected chi connectivity index (χ2v) is 4.32. The summed E-state index contributed by atoms with van der Waals surface area (Å²) in [7, 11) is 0. The maximum Gasteiger partial charge on any atom is -0.0623 e. The van der Waals surface area contributed by atoms with Crippen LogP contribution in [0, 0.1) is 0 Å². The quantitative estimate of drug-likeness (QED) is 0.363. The van der Waals surface area contributed by atoms with E-state index in [4.69, 9.17) is 0 Å². The highest BCUT2D eigenvalue weighted by Crippen LogP contribution is 1.87. The molecule has 0 unspecified atom stereocenters. The van der Waals surface area contributed by atoms with Crippen LogP contribution in [0.25, 0.3) is 0 Å². The van der Waals surface area contributed by atoms with Crippen LogP contribution in [-0.4, -0.2) is 0 Å². The molecule has 0 bridgehead atoms. The molecule has 0 spiro atoms. The maximum absolute atomic E-state index is 3.60. The van der Waals surface area contributed by atoms with E-state index >= 15 is 0 Å². The first-order chi connectivity index (χ1) is 11.9. The summed E-state index contributed by atoms with van der Waals surface area (Å²) < 4.78 is 0. The summed E-state index contributed by atoms with van der Waals surface area (Å²) in [5.41, 5.74) is 0. The SMILES string of the molecule is C=C/C=C/C=C/C=C/C=C/C=C/C=C/C=C/C=C/C=C/C=C/C=C. The lowest BCUT2D eigenvalue weighted by Gasteiger charge is -1.76. The lowest BCUT2D eigenvalue weighted by molar-refractivity contribution is 1.82. The Kier molecular flexibility index (Phi) is 17.3. The first-order valence-corrected chi connectivity index (χ1v) is 7.82. The van der Waals surface area contributed by atoms with Gasteiger partial charge in [0.05, 0.1) is 0 Å². The predicted octanol–water partition coefficient (Wildman–Crippen LogP) is 6.92. The Hall–Kier alpha value is -3.12. The molecule has 0 aliphatic rings. The van der Waals surface area contributed by atoms with Crippen molar-refractivity contribution in [1.29, 1.82) is 0 Å². The number of hydrogen-bond acceptors (Lipinski definition) is 0. The molecule has 0 aromatic heterocycles. The van der Waals surface area contributed by atoms with Crippen molar-refractivity contribution in [3.8, 4) is 0 Å². The van der Waals surface area contributed by atoms with Crippen LogP contribution in [0.4, 0.5) is 0 Å². The molecule has 0 aliphatic heterocycles. The number of rotatable bonds is 11. The fourth-order valence-corrected chi connectivity index (χ4v) is 1.31. The van der Waals surface area contributed by atoms with Crippen molar-refractivity contribution >= 4 is 0 Å². The third-order valence-corrected chi connectivity index (χ3v) is 2.38. The van der Waals surface area contributed by atoms with Gasteiger partial charge >= 0.3 is 0 Å². The van der Waals surface area contributed by atoms with E-state index in [1.54, 1.807) is 12.2 Å². The van der Waals surface area contributed by atoms with Gasteiger partial charge in [-0.15, -0.1) is 0 Å². The summed E-state index contributed by atoms with van der Waals surface area (Å²) in [5, 5.41) is 0. The largest absolute Gasteiger partial charge is 0.0991 e. The fraction of sp³-hybridized carbons (Fsp3) is 0. The van der Waals surface area contributed by atoms with E-state index < -0.39 is 0 Å². The summed E-state index contributed by atoms with van der Waals surface area (Å²) in [6.45, 7) is 7.20. The van der Waals surface area contributed by atoms with E-state index in [2.05, 4.69) is 13.2 Å². The molecule has 0 fully saturated rings.